The van der Waals surface area contributed by atoms with Gasteiger partial charge in [0.1, 0.15) is 0 Å². The van der Waals surface area contributed by atoms with Crippen LogP contribution in [0.2, 0.25) is 4.55 Å². The van der Waals surface area contributed by atoms with E-state index in [9.17, 15) is 0 Å². The van der Waals surface area contributed by atoms with Gasteiger partial charge >= 0.3 is 19.3 Å². The van der Waals surface area contributed by atoms with Crippen molar-refractivity contribution in [3.8, 4) is 0 Å². The Labute approximate surface area is 71.6 Å². The van der Waals surface area contributed by atoms with Gasteiger partial charge in [-0.2, -0.15) is 0 Å². The fourth-order valence-electron chi connectivity index (χ4n) is 0.344. The van der Waals surface area contributed by atoms with Gasteiger partial charge in [-0.15, -0.1) is 4.55 Å². The quantitative estimate of drug-likeness (QED) is 0.463. The standard InChI is InChI=1S/C4H9.ClH.Mg.Zn/c1-3-4-2;;;/h1,3-4H2,2H3;1H;;/q;;+1;/p-1. The van der Waals surface area contributed by atoms with Crippen molar-refractivity contribution < 1.29 is 19.5 Å². The molecular formula is C4H9ClMgZn. The first-order chi connectivity index (χ1) is 2.91. The zero-order chi connectivity index (χ0) is 4.83. The van der Waals surface area contributed by atoms with Gasteiger partial charge in [0, 0.05) is 19.5 Å². The summed E-state index contributed by atoms with van der Waals surface area (Å²) in [4.78, 5) is 0. The first-order valence-electron chi connectivity index (χ1n) is 2.47. The zero-order valence-corrected chi connectivity index (χ0v) is 10.1. The van der Waals surface area contributed by atoms with Crippen LogP contribution >= 0.6 is 9.07 Å². The molecule has 0 aromatic carbocycles. The summed E-state index contributed by atoms with van der Waals surface area (Å²) in [5.41, 5.74) is 0. The van der Waals surface area contributed by atoms with E-state index in [-0.39, 0.29) is 38.7 Å². The van der Waals surface area contributed by atoms with Gasteiger partial charge in [0.25, 0.3) is 0 Å². The molecule has 0 saturated heterocycles. The number of rotatable bonds is 3. The molecule has 0 saturated carbocycles. The molecule has 0 aromatic rings. The second-order valence-electron chi connectivity index (χ2n) is 1.40. The van der Waals surface area contributed by atoms with Crippen molar-refractivity contribution in [3.63, 3.8) is 0 Å². The zero-order valence-electron chi connectivity index (χ0n) is 4.91. The van der Waals surface area contributed by atoms with Crippen LogP contribution in [0.25, 0.3) is 0 Å². The molecule has 0 aliphatic heterocycles. The summed E-state index contributed by atoms with van der Waals surface area (Å²) < 4.78 is 1.32. The normalized spacial score (nSPS) is 6.57. The number of hydrogen-bond donors (Lipinski definition) is 0. The van der Waals surface area contributed by atoms with Crippen molar-refractivity contribution in [3.05, 3.63) is 0 Å². The molecule has 36 valence electrons. The molecule has 0 aliphatic rings. The average molecular weight is 182 g/mol. The summed E-state index contributed by atoms with van der Waals surface area (Å²) in [5, 5.41) is 0. The van der Waals surface area contributed by atoms with Gasteiger partial charge in [0.05, 0.1) is 0 Å². The summed E-state index contributed by atoms with van der Waals surface area (Å²) in [6.07, 6.45) is 2.65. The van der Waals surface area contributed by atoms with Crippen molar-refractivity contribution in [1.29, 1.82) is 0 Å². The minimum absolute atomic E-state index is 0. The van der Waals surface area contributed by atoms with Gasteiger partial charge in [-0.05, 0) is 0 Å². The number of hydrogen-bond acceptors (Lipinski definition) is 0. The minimum atomic E-state index is -0.125. The van der Waals surface area contributed by atoms with E-state index in [1.54, 1.807) is 0 Å². The third kappa shape index (κ3) is 11.3. The molecule has 0 nitrogen and oxygen atoms in total. The van der Waals surface area contributed by atoms with Crippen LogP contribution < -0.4 is 0 Å². The van der Waals surface area contributed by atoms with Crippen LogP contribution in [0.3, 0.4) is 0 Å². The third-order valence-corrected chi connectivity index (χ3v) is 2.31. The Morgan fingerprint density at radius 1 is 1.57 bits per heavy atom. The fraction of sp³-hybridized carbons (Fsp3) is 1.00. The predicted molar refractivity (Wildman–Crippen MR) is 31.3 cm³/mol. The van der Waals surface area contributed by atoms with E-state index in [4.69, 9.17) is 9.07 Å². The molecule has 0 aromatic heterocycles. The van der Waals surface area contributed by atoms with Gasteiger partial charge in [-0.25, -0.2) is 0 Å². The van der Waals surface area contributed by atoms with Crippen molar-refractivity contribution in [2.24, 2.45) is 0 Å². The topological polar surface area (TPSA) is 0 Å². The average Bonchev–Trinajstić information content (AvgIpc) is 1.61. The Morgan fingerprint density at radius 2 is 2.14 bits per heavy atom. The molecule has 0 fully saturated rings. The summed E-state index contributed by atoms with van der Waals surface area (Å²) >= 11 is -0.125. The first kappa shape index (κ1) is 11.5. The number of unbranched alkanes of at least 4 members (excludes halogenated alkanes) is 1. The number of halogens is 1. The molecule has 3 heteroatoms. The van der Waals surface area contributed by atoms with Gasteiger partial charge in [0.15, 0.2) is 0 Å². The maximum Gasteiger partial charge on any atom is 0.501 e. The Bertz CT molecular complexity index is 23.7. The molecule has 0 N–H and O–H groups in total. The minimum Gasteiger partial charge on any atom is -0.346 e. The summed E-state index contributed by atoms with van der Waals surface area (Å²) in [7, 11) is 5.52. The predicted octanol–water partition coefficient (Wildman–Crippen LogP) is 2.06. The van der Waals surface area contributed by atoms with Crippen molar-refractivity contribution in [1.82, 2.24) is 0 Å². The Morgan fingerprint density at radius 3 is 2.29 bits per heavy atom. The van der Waals surface area contributed by atoms with Crippen LogP contribution in [0, 0.1) is 0 Å². The SMILES string of the molecule is CCC[CH2][Mg][Cl].[Zn]. The van der Waals surface area contributed by atoms with Gasteiger partial charge in [-0.1, -0.05) is 19.8 Å². The third-order valence-electron chi connectivity index (χ3n) is 0.737. The molecule has 0 atom stereocenters. The molecule has 0 rings (SSSR count). The molecular weight excluding hydrogens is 173 g/mol. The van der Waals surface area contributed by atoms with Crippen molar-refractivity contribution >= 4 is 28.3 Å². The Kier molecular flexibility index (Phi) is 17.4. The Balaban J connectivity index is 0. The van der Waals surface area contributed by atoms with Crippen molar-refractivity contribution in [2.75, 3.05) is 0 Å². The van der Waals surface area contributed by atoms with Crippen LogP contribution in [0.5, 0.6) is 0 Å². The summed E-state index contributed by atoms with van der Waals surface area (Å²) in [6, 6.07) is 0. The monoisotopic (exact) mass is 180 g/mol. The maximum atomic E-state index is 5.52. The largest absolute Gasteiger partial charge is 0.501 e. The van der Waals surface area contributed by atoms with E-state index in [1.807, 2.05) is 0 Å². The van der Waals surface area contributed by atoms with E-state index in [2.05, 4.69) is 6.92 Å². The molecule has 7 heavy (non-hydrogen) atoms. The smallest absolute Gasteiger partial charge is 0.346 e. The fourth-order valence-corrected chi connectivity index (χ4v) is 1.60. The van der Waals surface area contributed by atoms with Crippen LogP contribution in [-0.2, 0) is 19.5 Å². The van der Waals surface area contributed by atoms with Gasteiger partial charge in [-0.3, -0.25) is 0 Å². The summed E-state index contributed by atoms with van der Waals surface area (Å²) in [5.74, 6) is 0. The molecule has 0 aliphatic carbocycles. The molecule has 0 bridgehead atoms. The maximum absolute atomic E-state index is 5.52. The van der Waals surface area contributed by atoms with E-state index in [0.29, 0.717) is 0 Å². The molecule has 0 spiro atoms. The van der Waals surface area contributed by atoms with Crippen LogP contribution in [0.1, 0.15) is 19.8 Å². The van der Waals surface area contributed by atoms with E-state index in [1.165, 1.54) is 17.4 Å². The van der Waals surface area contributed by atoms with Crippen LogP contribution in [0.15, 0.2) is 0 Å². The second kappa shape index (κ2) is 10.6. The Hall–Kier alpha value is 1.68. The van der Waals surface area contributed by atoms with Crippen LogP contribution in [-0.4, -0.2) is 19.3 Å². The van der Waals surface area contributed by atoms with Gasteiger partial charge < -0.3 is 9.07 Å². The summed E-state index contributed by atoms with van der Waals surface area (Å²) in [6.45, 7) is 2.20. The first-order valence-corrected chi connectivity index (χ1v) is 5.61. The van der Waals surface area contributed by atoms with Crippen molar-refractivity contribution in [2.45, 2.75) is 24.3 Å². The van der Waals surface area contributed by atoms with Gasteiger partial charge in [0.2, 0.25) is 0 Å². The molecule has 0 unspecified atom stereocenters. The van der Waals surface area contributed by atoms with E-state index in [0.717, 1.165) is 0 Å². The van der Waals surface area contributed by atoms with Crippen LogP contribution in [0.4, 0.5) is 0 Å². The molecule has 0 radical (unpaired) electrons. The molecule has 0 heterocycles. The molecule has 0 amide bonds. The van der Waals surface area contributed by atoms with E-state index >= 15 is 0 Å². The second-order valence-corrected chi connectivity index (χ2v) is 3.62. The van der Waals surface area contributed by atoms with E-state index < -0.39 is 0 Å².